The number of hydrogen-bond donors (Lipinski definition) is 3. The third kappa shape index (κ3) is 4.47. The first-order valence-corrected chi connectivity index (χ1v) is 7.41. The van der Waals surface area contributed by atoms with E-state index in [0.29, 0.717) is 18.8 Å². The van der Waals surface area contributed by atoms with Gasteiger partial charge in [-0.15, -0.1) is 0 Å². The van der Waals surface area contributed by atoms with E-state index >= 15 is 0 Å². The standard InChI is InChI=1S/C14H20FN3OS/c15-12-3-1-11(2-4-12)9-18-7-5-16-13(10-18)14(19)17-6-8-20/h1-4,13,16,20H,5-10H2,(H,17,19)/t13-/m0/s1. The Morgan fingerprint density at radius 2 is 2.20 bits per heavy atom. The Morgan fingerprint density at radius 1 is 1.45 bits per heavy atom. The van der Waals surface area contributed by atoms with E-state index in [9.17, 15) is 9.18 Å². The van der Waals surface area contributed by atoms with Crippen molar-refractivity contribution in [1.29, 1.82) is 0 Å². The van der Waals surface area contributed by atoms with Crippen LogP contribution in [0.4, 0.5) is 4.39 Å². The summed E-state index contributed by atoms with van der Waals surface area (Å²) >= 11 is 4.08. The molecule has 1 aromatic rings. The molecule has 4 nitrogen and oxygen atoms in total. The molecule has 1 aliphatic heterocycles. The molecular formula is C14H20FN3OS. The van der Waals surface area contributed by atoms with Crippen LogP contribution in [0, 0.1) is 5.82 Å². The van der Waals surface area contributed by atoms with Gasteiger partial charge >= 0.3 is 0 Å². The average Bonchev–Trinajstić information content (AvgIpc) is 2.47. The van der Waals surface area contributed by atoms with Crippen molar-refractivity contribution in [3.8, 4) is 0 Å². The molecule has 110 valence electrons. The first kappa shape index (κ1) is 15.3. The van der Waals surface area contributed by atoms with Crippen LogP contribution in [-0.4, -0.2) is 48.8 Å². The minimum Gasteiger partial charge on any atom is -0.354 e. The van der Waals surface area contributed by atoms with Crippen molar-refractivity contribution >= 4 is 18.5 Å². The molecule has 1 aromatic carbocycles. The van der Waals surface area contributed by atoms with Gasteiger partial charge < -0.3 is 10.6 Å². The van der Waals surface area contributed by atoms with Crippen LogP contribution in [-0.2, 0) is 11.3 Å². The van der Waals surface area contributed by atoms with Crippen LogP contribution in [0.25, 0.3) is 0 Å². The van der Waals surface area contributed by atoms with E-state index in [-0.39, 0.29) is 17.8 Å². The molecule has 0 aromatic heterocycles. The molecule has 1 fully saturated rings. The van der Waals surface area contributed by atoms with E-state index in [2.05, 4.69) is 28.2 Å². The molecule has 6 heteroatoms. The Bertz CT molecular complexity index is 441. The number of rotatable bonds is 5. The summed E-state index contributed by atoms with van der Waals surface area (Å²) in [4.78, 5) is 14.1. The number of amides is 1. The second kappa shape index (κ2) is 7.61. The molecule has 0 saturated carbocycles. The Balaban J connectivity index is 1.86. The summed E-state index contributed by atoms with van der Waals surface area (Å²) in [5, 5.41) is 6.05. The average molecular weight is 297 g/mol. The molecule has 0 radical (unpaired) electrons. The van der Waals surface area contributed by atoms with Crippen molar-refractivity contribution < 1.29 is 9.18 Å². The molecule has 2 N–H and O–H groups in total. The van der Waals surface area contributed by atoms with Crippen molar-refractivity contribution in [1.82, 2.24) is 15.5 Å². The summed E-state index contributed by atoms with van der Waals surface area (Å²) in [5.41, 5.74) is 1.06. The number of halogens is 1. The predicted molar refractivity (Wildman–Crippen MR) is 80.3 cm³/mol. The molecule has 1 saturated heterocycles. The van der Waals surface area contributed by atoms with E-state index in [4.69, 9.17) is 0 Å². The molecule has 0 spiro atoms. The molecule has 20 heavy (non-hydrogen) atoms. The van der Waals surface area contributed by atoms with E-state index in [1.807, 2.05) is 0 Å². The van der Waals surface area contributed by atoms with Crippen molar-refractivity contribution in [3.63, 3.8) is 0 Å². The van der Waals surface area contributed by atoms with Gasteiger partial charge in [-0.1, -0.05) is 12.1 Å². The van der Waals surface area contributed by atoms with E-state index < -0.39 is 0 Å². The summed E-state index contributed by atoms with van der Waals surface area (Å²) in [6.45, 7) is 3.64. The molecule has 0 bridgehead atoms. The van der Waals surface area contributed by atoms with Gasteiger partial charge in [-0.05, 0) is 17.7 Å². The monoisotopic (exact) mass is 297 g/mol. The number of piperazine rings is 1. The molecule has 1 atom stereocenters. The van der Waals surface area contributed by atoms with Gasteiger partial charge in [0.1, 0.15) is 5.82 Å². The fourth-order valence-corrected chi connectivity index (χ4v) is 2.39. The van der Waals surface area contributed by atoms with Gasteiger partial charge in [0.15, 0.2) is 0 Å². The lowest BCUT2D eigenvalue weighted by Gasteiger charge is -2.32. The highest BCUT2D eigenvalue weighted by Gasteiger charge is 2.24. The van der Waals surface area contributed by atoms with Gasteiger partial charge in [-0.2, -0.15) is 12.6 Å². The van der Waals surface area contributed by atoms with Crippen LogP contribution in [0.15, 0.2) is 24.3 Å². The smallest absolute Gasteiger partial charge is 0.238 e. The van der Waals surface area contributed by atoms with E-state index in [0.717, 1.165) is 25.2 Å². The van der Waals surface area contributed by atoms with Crippen molar-refractivity contribution in [2.75, 3.05) is 31.9 Å². The molecular weight excluding hydrogens is 277 g/mol. The first-order valence-electron chi connectivity index (χ1n) is 6.78. The van der Waals surface area contributed by atoms with Gasteiger partial charge in [-0.3, -0.25) is 9.69 Å². The zero-order valence-electron chi connectivity index (χ0n) is 11.3. The van der Waals surface area contributed by atoms with Crippen molar-refractivity contribution in [2.24, 2.45) is 0 Å². The second-order valence-corrected chi connectivity index (χ2v) is 5.33. The fourth-order valence-electron chi connectivity index (χ4n) is 2.28. The molecule has 2 rings (SSSR count). The quantitative estimate of drug-likeness (QED) is 0.699. The molecule has 1 amide bonds. The lowest BCUT2D eigenvalue weighted by atomic mass is 10.1. The largest absolute Gasteiger partial charge is 0.354 e. The number of carbonyl (C=O) groups is 1. The zero-order valence-corrected chi connectivity index (χ0v) is 12.2. The topological polar surface area (TPSA) is 44.4 Å². The highest BCUT2D eigenvalue weighted by Crippen LogP contribution is 2.09. The van der Waals surface area contributed by atoms with E-state index in [1.54, 1.807) is 12.1 Å². The van der Waals surface area contributed by atoms with Crippen LogP contribution in [0.2, 0.25) is 0 Å². The number of benzene rings is 1. The Labute approximate surface area is 124 Å². The minimum absolute atomic E-state index is 0.0165. The molecule has 0 unspecified atom stereocenters. The van der Waals surface area contributed by atoms with Crippen LogP contribution >= 0.6 is 12.6 Å². The Morgan fingerprint density at radius 3 is 2.90 bits per heavy atom. The summed E-state index contributed by atoms with van der Waals surface area (Å²) < 4.78 is 12.9. The summed E-state index contributed by atoms with van der Waals surface area (Å²) in [5.74, 6) is 0.429. The van der Waals surface area contributed by atoms with Crippen molar-refractivity contribution in [3.05, 3.63) is 35.6 Å². The van der Waals surface area contributed by atoms with Gasteiger partial charge in [0.05, 0.1) is 6.04 Å². The molecule has 1 aliphatic rings. The summed E-state index contributed by atoms with van der Waals surface area (Å²) in [6.07, 6.45) is 0. The Hall–Kier alpha value is -1.11. The highest BCUT2D eigenvalue weighted by molar-refractivity contribution is 7.80. The second-order valence-electron chi connectivity index (χ2n) is 4.88. The van der Waals surface area contributed by atoms with Crippen LogP contribution in [0.5, 0.6) is 0 Å². The minimum atomic E-state index is -0.224. The number of thiol groups is 1. The number of carbonyl (C=O) groups excluding carboxylic acids is 1. The van der Waals surface area contributed by atoms with Crippen molar-refractivity contribution in [2.45, 2.75) is 12.6 Å². The first-order chi connectivity index (χ1) is 9.69. The normalized spacial score (nSPS) is 19.8. The maximum Gasteiger partial charge on any atom is 0.238 e. The molecule has 0 aliphatic carbocycles. The summed E-state index contributed by atoms with van der Waals surface area (Å²) in [6, 6.07) is 6.31. The SMILES string of the molecule is O=C(NCCS)[C@@H]1CN(Cc2ccc(F)cc2)CCN1. The third-order valence-corrected chi connectivity index (χ3v) is 3.53. The molecule has 1 heterocycles. The number of nitrogens with zero attached hydrogens (tertiary/aromatic N) is 1. The maximum atomic E-state index is 12.9. The van der Waals surface area contributed by atoms with Gasteiger partial charge in [0.2, 0.25) is 5.91 Å². The number of hydrogen-bond acceptors (Lipinski definition) is 4. The van der Waals surface area contributed by atoms with E-state index in [1.165, 1.54) is 12.1 Å². The summed E-state index contributed by atoms with van der Waals surface area (Å²) in [7, 11) is 0. The van der Waals surface area contributed by atoms with Gasteiger partial charge in [-0.25, -0.2) is 4.39 Å². The zero-order chi connectivity index (χ0) is 14.4. The fraction of sp³-hybridized carbons (Fsp3) is 0.500. The maximum absolute atomic E-state index is 12.9. The lowest BCUT2D eigenvalue weighted by Crippen LogP contribution is -2.56. The third-order valence-electron chi connectivity index (χ3n) is 3.31. The highest BCUT2D eigenvalue weighted by atomic mass is 32.1. The van der Waals surface area contributed by atoms with Crippen LogP contribution in [0.1, 0.15) is 5.56 Å². The number of nitrogens with one attached hydrogen (secondary N) is 2. The Kier molecular flexibility index (Phi) is 5.82. The predicted octanol–water partition coefficient (Wildman–Crippen LogP) is 0.645. The van der Waals surface area contributed by atoms with Crippen LogP contribution < -0.4 is 10.6 Å². The van der Waals surface area contributed by atoms with Gasteiger partial charge in [0, 0.05) is 38.5 Å². The lowest BCUT2D eigenvalue weighted by molar-refractivity contribution is -0.124. The van der Waals surface area contributed by atoms with Gasteiger partial charge in [0.25, 0.3) is 0 Å². The van der Waals surface area contributed by atoms with Crippen LogP contribution in [0.3, 0.4) is 0 Å².